The molecule has 1 unspecified atom stereocenters. The first-order chi connectivity index (χ1) is 9.90. The van der Waals surface area contributed by atoms with E-state index < -0.39 is 11.9 Å². The van der Waals surface area contributed by atoms with Crippen molar-refractivity contribution in [2.24, 2.45) is 0 Å². The zero-order valence-electron chi connectivity index (χ0n) is 12.2. The average Bonchev–Trinajstić information content (AvgIpc) is 2.84. The van der Waals surface area contributed by atoms with E-state index in [0.29, 0.717) is 5.82 Å². The molecule has 0 saturated heterocycles. The van der Waals surface area contributed by atoms with Crippen LogP contribution in [0.15, 0.2) is 24.4 Å². The van der Waals surface area contributed by atoms with Crippen molar-refractivity contribution in [2.45, 2.75) is 32.0 Å². The number of fused-ring (bicyclic) bond motifs is 3. The van der Waals surface area contributed by atoms with Crippen molar-refractivity contribution in [1.82, 2.24) is 9.55 Å². The Morgan fingerprint density at radius 3 is 2.68 bits per heavy atom. The van der Waals surface area contributed by atoms with Gasteiger partial charge >= 0.3 is 6.18 Å². The Morgan fingerprint density at radius 1 is 1.32 bits per heavy atom. The largest absolute Gasteiger partial charge is 0.434 e. The zero-order valence-corrected chi connectivity index (χ0v) is 13.1. The first-order valence-electron chi connectivity index (χ1n) is 6.87. The van der Waals surface area contributed by atoms with Crippen LogP contribution in [0.3, 0.4) is 0 Å². The van der Waals surface area contributed by atoms with Crippen LogP contribution in [0.25, 0.3) is 11.4 Å². The molecule has 0 aliphatic carbocycles. The number of nitrogens with one attached hydrogen (secondary N) is 1. The highest BCUT2D eigenvalue weighted by Gasteiger charge is 2.36. The van der Waals surface area contributed by atoms with Crippen LogP contribution in [0.2, 0.25) is 0 Å². The molecule has 0 fully saturated rings. The van der Waals surface area contributed by atoms with Crippen molar-refractivity contribution in [2.75, 3.05) is 12.4 Å². The summed E-state index contributed by atoms with van der Waals surface area (Å²) in [6, 6.07) is 5.69. The number of aromatic nitrogens is 2. The molecular weight excluding hydrogens is 315 g/mol. The molecule has 3 rings (SSSR count). The summed E-state index contributed by atoms with van der Waals surface area (Å²) in [5.41, 5.74) is 1.95. The molecular formula is C15H17ClF3N3. The normalized spacial score (nSPS) is 17.0. The summed E-state index contributed by atoms with van der Waals surface area (Å²) in [7, 11) is 1.82. The van der Waals surface area contributed by atoms with Crippen LogP contribution in [-0.4, -0.2) is 16.6 Å². The highest BCUT2D eigenvalue weighted by Crippen LogP contribution is 2.37. The monoisotopic (exact) mass is 331 g/mol. The molecule has 0 radical (unpaired) electrons. The van der Waals surface area contributed by atoms with E-state index in [0.717, 1.165) is 35.9 Å². The maximum Gasteiger partial charge on any atom is 0.434 e. The maximum absolute atomic E-state index is 12.9. The van der Waals surface area contributed by atoms with Crippen LogP contribution in [0.1, 0.15) is 30.6 Å². The molecule has 0 spiro atoms. The van der Waals surface area contributed by atoms with Crippen molar-refractivity contribution < 1.29 is 13.2 Å². The number of aryl methyl sites for hydroxylation is 1. The number of hydrogen-bond acceptors (Lipinski definition) is 2. The van der Waals surface area contributed by atoms with Gasteiger partial charge in [0.1, 0.15) is 5.82 Å². The molecule has 22 heavy (non-hydrogen) atoms. The lowest BCUT2D eigenvalue weighted by Crippen LogP contribution is -2.06. The molecule has 2 aromatic rings. The van der Waals surface area contributed by atoms with E-state index >= 15 is 0 Å². The Kier molecular flexibility index (Phi) is 4.42. The van der Waals surface area contributed by atoms with Crippen molar-refractivity contribution in [3.63, 3.8) is 0 Å². The number of alkyl halides is 3. The number of hydrogen-bond donors (Lipinski definition) is 1. The molecule has 3 nitrogen and oxygen atoms in total. The van der Waals surface area contributed by atoms with Gasteiger partial charge in [-0.1, -0.05) is 0 Å². The minimum atomic E-state index is -4.41. The number of nitrogens with zero attached hydrogens (tertiary/aromatic N) is 2. The minimum Gasteiger partial charge on any atom is -0.388 e. The highest BCUT2D eigenvalue weighted by atomic mass is 35.5. The smallest absolute Gasteiger partial charge is 0.388 e. The van der Waals surface area contributed by atoms with Crippen LogP contribution < -0.4 is 5.32 Å². The quantitative estimate of drug-likeness (QED) is 0.831. The van der Waals surface area contributed by atoms with Gasteiger partial charge in [0.05, 0.1) is 0 Å². The van der Waals surface area contributed by atoms with E-state index in [4.69, 9.17) is 0 Å². The highest BCUT2D eigenvalue weighted by molar-refractivity contribution is 5.85. The summed E-state index contributed by atoms with van der Waals surface area (Å²) in [6.07, 6.45) is -1.66. The molecule has 0 bridgehead atoms. The summed E-state index contributed by atoms with van der Waals surface area (Å²) in [6.45, 7) is 1.93. The van der Waals surface area contributed by atoms with Crippen molar-refractivity contribution in [3.05, 3.63) is 35.7 Å². The van der Waals surface area contributed by atoms with Gasteiger partial charge in [-0.3, -0.25) is 0 Å². The lowest BCUT2D eigenvalue weighted by molar-refractivity contribution is -0.140. The lowest BCUT2D eigenvalue weighted by Gasteiger charge is -2.11. The molecule has 120 valence electrons. The van der Waals surface area contributed by atoms with E-state index in [1.54, 1.807) is 4.57 Å². The van der Waals surface area contributed by atoms with E-state index in [2.05, 4.69) is 10.3 Å². The molecule has 1 aliphatic rings. The molecule has 1 aromatic heterocycles. The summed E-state index contributed by atoms with van der Waals surface area (Å²) >= 11 is 0. The fraction of sp³-hybridized carbons (Fsp3) is 0.400. The molecule has 1 N–H and O–H groups in total. The van der Waals surface area contributed by atoms with Crippen molar-refractivity contribution in [1.29, 1.82) is 0 Å². The number of rotatable bonds is 1. The lowest BCUT2D eigenvalue weighted by atomic mass is 10.0. The number of imidazole rings is 1. The van der Waals surface area contributed by atoms with Gasteiger partial charge in [-0.2, -0.15) is 13.2 Å². The average molecular weight is 332 g/mol. The number of anilines is 1. The first-order valence-corrected chi connectivity index (χ1v) is 6.87. The van der Waals surface area contributed by atoms with Crippen molar-refractivity contribution >= 4 is 18.1 Å². The van der Waals surface area contributed by atoms with E-state index in [9.17, 15) is 13.2 Å². The van der Waals surface area contributed by atoms with Gasteiger partial charge in [-0.15, -0.1) is 12.4 Å². The maximum atomic E-state index is 12.9. The van der Waals surface area contributed by atoms with Crippen LogP contribution in [-0.2, 0) is 12.6 Å². The Bertz CT molecular complexity index is 679. The Balaban J connectivity index is 0.00000176. The Morgan fingerprint density at radius 2 is 2.05 bits per heavy atom. The van der Waals surface area contributed by atoms with Crippen molar-refractivity contribution in [3.8, 4) is 11.4 Å². The molecule has 1 aromatic carbocycles. The second-order valence-corrected chi connectivity index (χ2v) is 5.36. The van der Waals surface area contributed by atoms with Crippen LogP contribution >= 0.6 is 12.4 Å². The van der Waals surface area contributed by atoms with E-state index in [-0.39, 0.29) is 18.4 Å². The predicted octanol–water partition coefficient (Wildman–Crippen LogP) is 4.54. The van der Waals surface area contributed by atoms with Gasteiger partial charge in [0.2, 0.25) is 0 Å². The van der Waals surface area contributed by atoms with Gasteiger partial charge in [0.25, 0.3) is 0 Å². The second-order valence-electron chi connectivity index (χ2n) is 5.36. The topological polar surface area (TPSA) is 29.9 Å². The number of benzene rings is 1. The predicted molar refractivity (Wildman–Crippen MR) is 82.5 cm³/mol. The molecule has 0 amide bonds. The SMILES string of the molecule is CNc1ccc2c(c1)CCC(C)n1cc(C(F)(F)F)nc1-2.Cl. The Hall–Kier alpha value is -1.69. The molecule has 1 atom stereocenters. The van der Waals surface area contributed by atoms with Crippen LogP contribution in [0, 0.1) is 0 Å². The van der Waals surface area contributed by atoms with Gasteiger partial charge in [0, 0.05) is 30.5 Å². The van der Waals surface area contributed by atoms with Gasteiger partial charge in [-0.05, 0) is 43.5 Å². The van der Waals surface area contributed by atoms with Gasteiger partial charge < -0.3 is 9.88 Å². The molecule has 0 saturated carbocycles. The molecule has 2 heterocycles. The van der Waals surface area contributed by atoms with Crippen LogP contribution in [0.4, 0.5) is 18.9 Å². The van der Waals surface area contributed by atoms with Gasteiger partial charge in [0.15, 0.2) is 5.69 Å². The van der Waals surface area contributed by atoms with E-state index in [1.165, 1.54) is 0 Å². The summed E-state index contributed by atoms with van der Waals surface area (Å²) in [5, 5.41) is 3.05. The fourth-order valence-corrected chi connectivity index (χ4v) is 2.74. The third-order valence-corrected chi connectivity index (χ3v) is 3.96. The fourth-order valence-electron chi connectivity index (χ4n) is 2.74. The standard InChI is InChI=1S/C15H16F3N3.ClH/c1-9-3-4-10-7-11(19-2)5-6-12(10)14-20-13(8-21(9)14)15(16,17)18;/h5-9,19H,3-4H2,1-2H3;1H. The molecule has 7 heteroatoms. The minimum absolute atomic E-state index is 0. The Labute approximate surface area is 133 Å². The van der Waals surface area contributed by atoms with Gasteiger partial charge in [-0.25, -0.2) is 4.98 Å². The summed E-state index contributed by atoms with van der Waals surface area (Å²) in [4.78, 5) is 3.85. The first kappa shape index (κ1) is 16.7. The zero-order chi connectivity index (χ0) is 15.2. The number of halogens is 4. The third-order valence-electron chi connectivity index (χ3n) is 3.96. The third kappa shape index (κ3) is 2.79. The van der Waals surface area contributed by atoms with E-state index in [1.807, 2.05) is 32.2 Å². The second kappa shape index (κ2) is 5.83. The summed E-state index contributed by atoms with van der Waals surface area (Å²) < 4.78 is 40.4. The molecule has 1 aliphatic heterocycles. The summed E-state index contributed by atoms with van der Waals surface area (Å²) in [5.74, 6) is 0.407. The van der Waals surface area contributed by atoms with Crippen LogP contribution in [0.5, 0.6) is 0 Å².